The lowest BCUT2D eigenvalue weighted by Crippen LogP contribution is -2.14. The molecule has 0 saturated heterocycles. The molecule has 3 rings (SSSR count). The second-order valence-corrected chi connectivity index (χ2v) is 4.50. The first-order valence-electron chi connectivity index (χ1n) is 6.22. The number of aromatic nitrogens is 1. The van der Waals surface area contributed by atoms with E-state index in [2.05, 4.69) is 10.3 Å². The zero-order valence-electron chi connectivity index (χ0n) is 10.8. The van der Waals surface area contributed by atoms with Crippen LogP contribution in [0.5, 0.6) is 5.75 Å². The van der Waals surface area contributed by atoms with Gasteiger partial charge in [-0.25, -0.2) is 4.98 Å². The van der Waals surface area contributed by atoms with E-state index < -0.39 is 4.92 Å². The Balaban J connectivity index is 1.90. The van der Waals surface area contributed by atoms with Crippen molar-refractivity contribution in [1.29, 1.82) is 5.26 Å². The highest BCUT2D eigenvalue weighted by molar-refractivity contribution is 5.57. The number of hydrogen-bond acceptors (Lipinski definition) is 6. The van der Waals surface area contributed by atoms with Crippen LogP contribution >= 0.6 is 0 Å². The molecule has 0 aliphatic carbocycles. The van der Waals surface area contributed by atoms with E-state index in [-0.39, 0.29) is 17.3 Å². The summed E-state index contributed by atoms with van der Waals surface area (Å²) in [4.78, 5) is 14.1. The average molecular weight is 282 g/mol. The van der Waals surface area contributed by atoms with Gasteiger partial charge in [0.05, 0.1) is 11.0 Å². The van der Waals surface area contributed by atoms with Crippen molar-refractivity contribution in [3.8, 4) is 11.8 Å². The number of hydrogen-bond donors (Lipinski definition) is 1. The Morgan fingerprint density at radius 2 is 2.29 bits per heavy atom. The number of nitrogens with one attached hydrogen (secondary N) is 1. The zero-order valence-corrected chi connectivity index (χ0v) is 10.8. The van der Waals surface area contributed by atoms with Crippen molar-refractivity contribution in [3.05, 3.63) is 57.8 Å². The van der Waals surface area contributed by atoms with E-state index in [0.717, 1.165) is 17.5 Å². The molecule has 1 aliphatic heterocycles. The molecule has 0 saturated carbocycles. The fourth-order valence-corrected chi connectivity index (χ4v) is 2.20. The minimum atomic E-state index is -0.578. The van der Waals surface area contributed by atoms with Gasteiger partial charge in [-0.15, -0.1) is 0 Å². The quantitative estimate of drug-likeness (QED) is 0.685. The van der Waals surface area contributed by atoms with E-state index in [1.54, 1.807) is 0 Å². The standard InChI is InChI=1S/C14H10N4O3/c15-6-9-5-10(18(19)20)7-16-14(9)17-12-8-21-13-4-2-1-3-11(12)13/h1-5,7,12H,8H2,(H,16,17). The molecular formula is C14H10N4O3. The smallest absolute Gasteiger partial charge is 0.289 e. The van der Waals surface area contributed by atoms with Crippen LogP contribution in [-0.4, -0.2) is 16.5 Å². The van der Waals surface area contributed by atoms with E-state index in [1.807, 2.05) is 30.3 Å². The van der Waals surface area contributed by atoms with Crippen molar-refractivity contribution in [3.63, 3.8) is 0 Å². The number of para-hydroxylation sites is 1. The van der Waals surface area contributed by atoms with Crippen LogP contribution in [0.2, 0.25) is 0 Å². The molecule has 21 heavy (non-hydrogen) atoms. The summed E-state index contributed by atoms with van der Waals surface area (Å²) in [6.45, 7) is 0.420. The van der Waals surface area contributed by atoms with E-state index in [9.17, 15) is 10.1 Å². The molecule has 104 valence electrons. The van der Waals surface area contributed by atoms with Crippen LogP contribution in [0.25, 0.3) is 0 Å². The summed E-state index contributed by atoms with van der Waals surface area (Å²) in [5, 5.41) is 22.9. The number of nitro groups is 1. The number of nitriles is 1. The molecule has 2 aromatic rings. The third-order valence-electron chi connectivity index (χ3n) is 3.22. The minimum absolute atomic E-state index is 0.133. The zero-order chi connectivity index (χ0) is 14.8. The van der Waals surface area contributed by atoms with Gasteiger partial charge in [0.15, 0.2) is 0 Å². The molecule has 0 amide bonds. The molecule has 0 bridgehead atoms. The first-order chi connectivity index (χ1) is 10.2. The molecule has 1 aliphatic rings. The summed E-state index contributed by atoms with van der Waals surface area (Å²) in [7, 11) is 0. The molecule has 1 N–H and O–H groups in total. The molecule has 0 radical (unpaired) electrons. The van der Waals surface area contributed by atoms with E-state index in [0.29, 0.717) is 12.4 Å². The van der Waals surface area contributed by atoms with Crippen molar-refractivity contribution in [2.45, 2.75) is 6.04 Å². The first-order valence-corrected chi connectivity index (χ1v) is 6.22. The lowest BCUT2D eigenvalue weighted by Gasteiger charge is -2.13. The maximum atomic E-state index is 10.7. The fraction of sp³-hybridized carbons (Fsp3) is 0.143. The van der Waals surface area contributed by atoms with E-state index in [1.165, 1.54) is 6.07 Å². The average Bonchev–Trinajstić information content (AvgIpc) is 2.91. The summed E-state index contributed by atoms with van der Waals surface area (Å²) in [5.41, 5.74) is 0.898. The predicted octanol–water partition coefficient (Wildman–Crippen LogP) is 2.41. The van der Waals surface area contributed by atoms with Crippen molar-refractivity contribution in [2.75, 3.05) is 11.9 Å². The Morgan fingerprint density at radius 3 is 3.05 bits per heavy atom. The maximum Gasteiger partial charge on any atom is 0.289 e. The van der Waals surface area contributed by atoms with E-state index in [4.69, 9.17) is 10.00 Å². The van der Waals surface area contributed by atoms with Gasteiger partial charge < -0.3 is 10.1 Å². The largest absolute Gasteiger partial charge is 0.491 e. The summed E-state index contributed by atoms with van der Waals surface area (Å²) in [6, 6.07) is 10.6. The third-order valence-corrected chi connectivity index (χ3v) is 3.22. The molecular weight excluding hydrogens is 272 g/mol. The number of benzene rings is 1. The van der Waals surface area contributed by atoms with Gasteiger partial charge in [0, 0.05) is 11.6 Å². The molecule has 7 nitrogen and oxygen atoms in total. The van der Waals surface area contributed by atoms with Crippen LogP contribution in [0, 0.1) is 21.4 Å². The summed E-state index contributed by atoms with van der Waals surface area (Å²) in [6.07, 6.45) is 1.13. The topological polar surface area (TPSA) is 101 Å². The normalized spacial score (nSPS) is 15.7. The lowest BCUT2D eigenvalue weighted by molar-refractivity contribution is -0.385. The van der Waals surface area contributed by atoms with Gasteiger partial charge in [-0.05, 0) is 6.07 Å². The Kier molecular flexibility index (Phi) is 3.12. The van der Waals surface area contributed by atoms with Crippen LogP contribution in [0.4, 0.5) is 11.5 Å². The number of rotatable bonds is 3. The summed E-state index contributed by atoms with van der Waals surface area (Å²) in [5.74, 6) is 1.10. The van der Waals surface area contributed by atoms with Crippen molar-refractivity contribution in [2.24, 2.45) is 0 Å². The second-order valence-electron chi connectivity index (χ2n) is 4.50. The maximum absolute atomic E-state index is 10.7. The number of fused-ring (bicyclic) bond motifs is 1. The SMILES string of the molecule is N#Cc1cc([N+](=O)[O-])cnc1NC1COc2ccccc21. The molecule has 2 heterocycles. The molecule has 1 unspecified atom stereocenters. The molecule has 0 fully saturated rings. The van der Waals surface area contributed by atoms with Crippen molar-refractivity contribution < 1.29 is 9.66 Å². The molecule has 1 aromatic heterocycles. The van der Waals surface area contributed by atoms with Gasteiger partial charge in [0.25, 0.3) is 5.69 Å². The highest BCUT2D eigenvalue weighted by Crippen LogP contribution is 2.34. The highest BCUT2D eigenvalue weighted by atomic mass is 16.6. The number of pyridine rings is 1. The molecule has 0 spiro atoms. The van der Waals surface area contributed by atoms with Crippen LogP contribution in [0.15, 0.2) is 36.5 Å². The number of ether oxygens (including phenoxy) is 1. The second kappa shape index (κ2) is 5.09. The van der Waals surface area contributed by atoms with Crippen LogP contribution in [0.3, 0.4) is 0 Å². The van der Waals surface area contributed by atoms with E-state index >= 15 is 0 Å². The van der Waals surface area contributed by atoms with Gasteiger partial charge >= 0.3 is 0 Å². The Hall–Kier alpha value is -3.14. The van der Waals surface area contributed by atoms with Crippen LogP contribution in [-0.2, 0) is 0 Å². The number of nitrogens with zero attached hydrogens (tertiary/aromatic N) is 3. The summed E-state index contributed by atoms with van der Waals surface area (Å²) >= 11 is 0. The monoisotopic (exact) mass is 282 g/mol. The molecule has 1 aromatic carbocycles. The Morgan fingerprint density at radius 1 is 1.48 bits per heavy atom. The van der Waals surface area contributed by atoms with Crippen molar-refractivity contribution >= 4 is 11.5 Å². The fourth-order valence-electron chi connectivity index (χ4n) is 2.20. The van der Waals surface area contributed by atoms with Gasteiger partial charge in [0.2, 0.25) is 0 Å². The molecule has 7 heteroatoms. The highest BCUT2D eigenvalue weighted by Gasteiger charge is 2.25. The predicted molar refractivity (Wildman–Crippen MR) is 73.9 cm³/mol. The first kappa shape index (κ1) is 12.9. The van der Waals surface area contributed by atoms with Gasteiger partial charge in [0.1, 0.15) is 36.0 Å². The Bertz CT molecular complexity index is 754. The number of anilines is 1. The van der Waals surface area contributed by atoms with Crippen LogP contribution < -0.4 is 10.1 Å². The third kappa shape index (κ3) is 2.34. The van der Waals surface area contributed by atoms with Crippen LogP contribution in [0.1, 0.15) is 17.2 Å². The van der Waals surface area contributed by atoms with Gasteiger partial charge in [-0.2, -0.15) is 5.26 Å². The molecule has 1 atom stereocenters. The van der Waals surface area contributed by atoms with Crippen molar-refractivity contribution in [1.82, 2.24) is 4.98 Å². The van der Waals surface area contributed by atoms with Gasteiger partial charge in [-0.3, -0.25) is 10.1 Å². The summed E-state index contributed by atoms with van der Waals surface area (Å²) < 4.78 is 5.54. The Labute approximate surface area is 120 Å². The lowest BCUT2D eigenvalue weighted by atomic mass is 10.1. The minimum Gasteiger partial charge on any atom is -0.491 e. The van der Waals surface area contributed by atoms with Gasteiger partial charge in [-0.1, -0.05) is 18.2 Å².